The Morgan fingerprint density at radius 3 is 2.38 bits per heavy atom. The van der Waals surface area contributed by atoms with Gasteiger partial charge in [0.2, 0.25) is 0 Å². The van der Waals surface area contributed by atoms with Crippen LogP contribution in [0.3, 0.4) is 0 Å². The molecule has 3 aromatic heterocycles. The highest BCUT2D eigenvalue weighted by Crippen LogP contribution is 2.33. The van der Waals surface area contributed by atoms with Crippen molar-refractivity contribution in [2.24, 2.45) is 0 Å². The lowest BCUT2D eigenvalue weighted by molar-refractivity contribution is 0.178. The molecular weight excluding hydrogens is 475 g/mol. The quantitative estimate of drug-likeness (QED) is 0.360. The fraction of sp³-hybridized carbons (Fsp3) is 0.115. The monoisotopic (exact) mass is 498 g/mol. The number of ether oxygens (including phenoxy) is 1. The first-order valence-electron chi connectivity index (χ1n) is 11.3. The van der Waals surface area contributed by atoms with Gasteiger partial charge in [-0.05, 0) is 29.3 Å². The predicted molar refractivity (Wildman–Crippen MR) is 137 cm³/mol. The van der Waals surface area contributed by atoms with Crippen molar-refractivity contribution < 1.29 is 13.9 Å². The summed E-state index contributed by atoms with van der Waals surface area (Å²) in [5.74, 6) is 0.246. The minimum absolute atomic E-state index is 0.0236. The topological polar surface area (TPSA) is 138 Å². The minimum atomic E-state index is -0.664. The standard InChI is InChI=1S/C26H23FN8O2/c1-37-26(36)34(15-16-8-3-2-4-9-16)22-23(28)32-25(33-24(22)29)21-19-12-7-13-30-35(19)20(31-21)14-17-10-5-6-11-18(17)27/h2-13H,14-15H2,1H3,(H4,28,29,32,33). The zero-order chi connectivity index (χ0) is 25.9. The number of anilines is 3. The molecule has 0 spiro atoms. The highest BCUT2D eigenvalue weighted by molar-refractivity contribution is 5.95. The van der Waals surface area contributed by atoms with Crippen LogP contribution >= 0.6 is 0 Å². The van der Waals surface area contributed by atoms with Crippen LogP contribution in [-0.2, 0) is 17.7 Å². The van der Waals surface area contributed by atoms with Crippen molar-refractivity contribution in [3.8, 4) is 11.5 Å². The number of hydrogen-bond donors (Lipinski definition) is 2. The van der Waals surface area contributed by atoms with Gasteiger partial charge in [0, 0.05) is 12.6 Å². The Bertz CT molecular complexity index is 1570. The number of nitrogen functional groups attached to an aromatic ring is 2. The van der Waals surface area contributed by atoms with Crippen LogP contribution in [0.25, 0.3) is 17.0 Å². The van der Waals surface area contributed by atoms with Crippen LogP contribution in [0.5, 0.6) is 0 Å². The molecule has 5 aromatic rings. The number of nitrogens with zero attached hydrogens (tertiary/aromatic N) is 6. The Labute approximate surface area is 211 Å². The molecule has 5 rings (SSSR count). The molecule has 0 fully saturated rings. The molecule has 186 valence electrons. The maximum Gasteiger partial charge on any atom is 0.414 e. The SMILES string of the molecule is COC(=O)N(Cc1ccccc1)c1c(N)nc(-c2nc(Cc3ccccc3F)n3ncccc23)nc1N. The molecule has 0 saturated carbocycles. The van der Waals surface area contributed by atoms with Crippen molar-refractivity contribution in [1.29, 1.82) is 0 Å². The summed E-state index contributed by atoms with van der Waals surface area (Å²) in [6.45, 7) is 0.148. The number of halogens is 1. The molecule has 37 heavy (non-hydrogen) atoms. The molecule has 0 aliphatic carbocycles. The van der Waals surface area contributed by atoms with E-state index < -0.39 is 6.09 Å². The van der Waals surface area contributed by atoms with Crippen molar-refractivity contribution in [2.45, 2.75) is 13.0 Å². The van der Waals surface area contributed by atoms with Crippen molar-refractivity contribution in [2.75, 3.05) is 23.5 Å². The molecule has 10 nitrogen and oxygen atoms in total. The Kier molecular flexibility index (Phi) is 6.33. The highest BCUT2D eigenvalue weighted by Gasteiger charge is 2.26. The number of amides is 1. The summed E-state index contributed by atoms with van der Waals surface area (Å²) in [5, 5.41) is 4.37. The highest BCUT2D eigenvalue weighted by atomic mass is 19.1. The zero-order valence-electron chi connectivity index (χ0n) is 19.9. The molecule has 0 atom stereocenters. The van der Waals surface area contributed by atoms with Gasteiger partial charge in [-0.2, -0.15) is 5.10 Å². The summed E-state index contributed by atoms with van der Waals surface area (Å²) in [4.78, 5) is 27.4. The maximum atomic E-state index is 14.3. The lowest BCUT2D eigenvalue weighted by Crippen LogP contribution is -2.32. The molecule has 2 aromatic carbocycles. The summed E-state index contributed by atoms with van der Waals surface area (Å²) < 4.78 is 20.9. The van der Waals surface area contributed by atoms with Gasteiger partial charge in [0.15, 0.2) is 17.5 Å². The van der Waals surface area contributed by atoms with E-state index in [0.717, 1.165) is 5.56 Å². The van der Waals surface area contributed by atoms with Crippen molar-refractivity contribution >= 4 is 28.9 Å². The molecule has 0 aliphatic rings. The molecule has 4 N–H and O–H groups in total. The molecule has 1 amide bonds. The zero-order valence-corrected chi connectivity index (χ0v) is 19.9. The largest absolute Gasteiger partial charge is 0.452 e. The second-order valence-electron chi connectivity index (χ2n) is 8.17. The average Bonchev–Trinajstić information content (AvgIpc) is 3.27. The van der Waals surface area contributed by atoms with Crippen LogP contribution in [0.15, 0.2) is 72.9 Å². The fourth-order valence-corrected chi connectivity index (χ4v) is 4.07. The molecular formula is C26H23FN8O2. The maximum absolute atomic E-state index is 14.3. The van der Waals surface area contributed by atoms with Crippen LogP contribution in [0.1, 0.15) is 17.0 Å². The lowest BCUT2D eigenvalue weighted by Gasteiger charge is -2.23. The number of methoxy groups -OCH3 is 1. The van der Waals surface area contributed by atoms with E-state index in [1.54, 1.807) is 41.0 Å². The minimum Gasteiger partial charge on any atom is -0.452 e. The molecule has 11 heteroatoms. The first-order valence-corrected chi connectivity index (χ1v) is 11.3. The summed E-state index contributed by atoms with van der Waals surface area (Å²) >= 11 is 0. The van der Waals surface area contributed by atoms with Gasteiger partial charge in [-0.15, -0.1) is 0 Å². The summed E-state index contributed by atoms with van der Waals surface area (Å²) in [5.41, 5.74) is 15.0. The Balaban J connectivity index is 1.57. The number of aromatic nitrogens is 5. The van der Waals surface area contributed by atoms with E-state index in [-0.39, 0.29) is 41.9 Å². The number of nitrogens with two attached hydrogens (primary N) is 2. The Morgan fingerprint density at radius 2 is 1.68 bits per heavy atom. The van der Waals surface area contributed by atoms with Crippen LogP contribution in [0.4, 0.5) is 26.5 Å². The number of imidazole rings is 1. The van der Waals surface area contributed by atoms with Gasteiger partial charge >= 0.3 is 6.09 Å². The predicted octanol–water partition coefficient (Wildman–Crippen LogP) is 3.85. The third kappa shape index (κ3) is 4.61. The second kappa shape index (κ2) is 9.90. The van der Waals surface area contributed by atoms with E-state index in [2.05, 4.69) is 20.1 Å². The van der Waals surface area contributed by atoms with Crippen LogP contribution in [0.2, 0.25) is 0 Å². The van der Waals surface area contributed by atoms with Crippen molar-refractivity contribution in [3.63, 3.8) is 0 Å². The van der Waals surface area contributed by atoms with Crippen LogP contribution in [0, 0.1) is 5.82 Å². The number of carbonyl (C=O) groups excluding carboxylic acids is 1. The van der Waals surface area contributed by atoms with E-state index in [1.807, 2.05) is 30.3 Å². The van der Waals surface area contributed by atoms with E-state index in [0.29, 0.717) is 22.6 Å². The number of rotatable bonds is 6. The second-order valence-corrected chi connectivity index (χ2v) is 8.17. The van der Waals surface area contributed by atoms with Gasteiger partial charge in [0.05, 0.1) is 19.2 Å². The lowest BCUT2D eigenvalue weighted by atomic mass is 10.1. The van der Waals surface area contributed by atoms with E-state index in [9.17, 15) is 9.18 Å². The van der Waals surface area contributed by atoms with Gasteiger partial charge in [0.1, 0.15) is 23.0 Å². The van der Waals surface area contributed by atoms with Crippen molar-refractivity contribution in [1.82, 2.24) is 24.6 Å². The Hall–Kier alpha value is -5.06. The van der Waals surface area contributed by atoms with Gasteiger partial charge < -0.3 is 16.2 Å². The van der Waals surface area contributed by atoms with Gasteiger partial charge in [-0.25, -0.2) is 28.7 Å². The molecule has 3 heterocycles. The third-order valence-corrected chi connectivity index (χ3v) is 5.78. The number of carbonyl (C=O) groups is 1. The average molecular weight is 499 g/mol. The van der Waals surface area contributed by atoms with Gasteiger partial charge in [-0.1, -0.05) is 48.5 Å². The summed E-state index contributed by atoms with van der Waals surface area (Å²) in [7, 11) is 1.27. The number of benzene rings is 2. The van der Waals surface area contributed by atoms with Crippen molar-refractivity contribution in [3.05, 3.63) is 95.7 Å². The first-order chi connectivity index (χ1) is 18.0. The van der Waals surface area contributed by atoms with Crippen LogP contribution in [-0.4, -0.2) is 37.8 Å². The van der Waals surface area contributed by atoms with Crippen LogP contribution < -0.4 is 16.4 Å². The molecule has 0 saturated heterocycles. The number of fused-ring (bicyclic) bond motifs is 1. The summed E-state index contributed by atoms with van der Waals surface area (Å²) in [6, 6.07) is 19.3. The van der Waals surface area contributed by atoms with Gasteiger partial charge in [0.25, 0.3) is 0 Å². The molecule has 0 unspecified atom stereocenters. The molecule has 0 radical (unpaired) electrons. The normalized spacial score (nSPS) is 11.0. The number of hydrogen-bond acceptors (Lipinski definition) is 8. The smallest absolute Gasteiger partial charge is 0.414 e. The Morgan fingerprint density at radius 1 is 0.973 bits per heavy atom. The molecule has 0 bridgehead atoms. The van der Waals surface area contributed by atoms with Gasteiger partial charge in [-0.3, -0.25) is 4.90 Å². The van der Waals surface area contributed by atoms with E-state index in [1.165, 1.54) is 18.1 Å². The van der Waals surface area contributed by atoms with E-state index >= 15 is 0 Å². The summed E-state index contributed by atoms with van der Waals surface area (Å²) in [6.07, 6.45) is 1.14. The van der Waals surface area contributed by atoms with E-state index in [4.69, 9.17) is 16.2 Å². The molecule has 0 aliphatic heterocycles. The fourth-order valence-electron chi connectivity index (χ4n) is 4.07. The third-order valence-electron chi connectivity index (χ3n) is 5.78. The first kappa shape index (κ1) is 23.7.